The molecule has 1 nitrogen and oxygen atoms in total. The topological polar surface area (TPSA) is 23.9 Å². The lowest BCUT2D eigenvalue weighted by Crippen LogP contribution is -2.16. The Balaban J connectivity index is 2.69. The number of benzene rings is 1. The molecule has 0 aromatic heterocycles. The van der Waals surface area contributed by atoms with Crippen molar-refractivity contribution in [1.29, 1.82) is 5.41 Å². The zero-order valence-corrected chi connectivity index (χ0v) is 9.30. The van der Waals surface area contributed by atoms with Crippen LogP contribution in [0.15, 0.2) is 30.3 Å². The van der Waals surface area contributed by atoms with Gasteiger partial charge in [0, 0.05) is 5.71 Å². The summed E-state index contributed by atoms with van der Waals surface area (Å²) < 4.78 is 0. The van der Waals surface area contributed by atoms with E-state index in [9.17, 15) is 0 Å². The van der Waals surface area contributed by atoms with Crippen molar-refractivity contribution >= 4 is 5.71 Å². The Labute approximate surface area is 86.7 Å². The lowest BCUT2D eigenvalue weighted by Gasteiger charge is -2.22. The molecule has 76 valence electrons. The van der Waals surface area contributed by atoms with Crippen LogP contribution in [0.4, 0.5) is 0 Å². The molecule has 1 aromatic carbocycles. The molecule has 0 radical (unpaired) electrons. The third kappa shape index (κ3) is 2.99. The van der Waals surface area contributed by atoms with Gasteiger partial charge in [-0.25, -0.2) is 0 Å². The molecule has 1 rings (SSSR count). The second-order valence-corrected chi connectivity index (χ2v) is 4.54. The van der Waals surface area contributed by atoms with Gasteiger partial charge in [0.25, 0.3) is 0 Å². The van der Waals surface area contributed by atoms with Crippen LogP contribution in [0.5, 0.6) is 0 Å². The van der Waals surface area contributed by atoms with Crippen LogP contribution in [-0.2, 0) is 0 Å². The molecule has 1 aromatic rings. The van der Waals surface area contributed by atoms with Gasteiger partial charge in [-0.3, -0.25) is 0 Å². The van der Waals surface area contributed by atoms with Crippen molar-refractivity contribution in [2.45, 2.75) is 33.6 Å². The monoisotopic (exact) mass is 189 g/mol. The van der Waals surface area contributed by atoms with Crippen LogP contribution in [0.1, 0.15) is 39.2 Å². The van der Waals surface area contributed by atoms with Crippen LogP contribution >= 0.6 is 0 Å². The van der Waals surface area contributed by atoms with Crippen molar-refractivity contribution in [3.63, 3.8) is 0 Å². The quantitative estimate of drug-likeness (QED) is 0.695. The Bertz CT molecular complexity index is 298. The number of hydrogen-bond donors (Lipinski definition) is 1. The molecule has 0 unspecified atom stereocenters. The Hall–Kier alpha value is -1.11. The Kier molecular flexibility index (Phi) is 3.45. The molecular formula is C13H19N. The second kappa shape index (κ2) is 4.41. The summed E-state index contributed by atoms with van der Waals surface area (Å²) in [4.78, 5) is 0. The first kappa shape index (κ1) is 11.0. The van der Waals surface area contributed by atoms with E-state index in [1.165, 1.54) is 0 Å². The highest BCUT2D eigenvalue weighted by atomic mass is 14.4. The highest BCUT2D eigenvalue weighted by Gasteiger charge is 2.17. The molecule has 0 aliphatic carbocycles. The van der Waals surface area contributed by atoms with Crippen molar-refractivity contribution in [2.75, 3.05) is 0 Å². The summed E-state index contributed by atoms with van der Waals surface area (Å²) >= 11 is 0. The van der Waals surface area contributed by atoms with Crippen molar-refractivity contribution in [3.8, 4) is 0 Å². The van der Waals surface area contributed by atoms with Gasteiger partial charge in [0.15, 0.2) is 0 Å². The van der Waals surface area contributed by atoms with Gasteiger partial charge in [-0.2, -0.15) is 0 Å². The molecule has 0 amide bonds. The van der Waals surface area contributed by atoms with Gasteiger partial charge < -0.3 is 5.41 Å². The highest BCUT2D eigenvalue weighted by molar-refractivity contribution is 5.98. The van der Waals surface area contributed by atoms with Crippen molar-refractivity contribution < 1.29 is 0 Å². The Morgan fingerprint density at radius 3 is 2.29 bits per heavy atom. The van der Waals surface area contributed by atoms with E-state index >= 15 is 0 Å². The van der Waals surface area contributed by atoms with E-state index in [0.29, 0.717) is 0 Å². The van der Waals surface area contributed by atoms with Crippen LogP contribution < -0.4 is 0 Å². The molecule has 0 saturated heterocycles. The molecule has 0 saturated carbocycles. The average molecular weight is 189 g/mol. The maximum absolute atomic E-state index is 7.99. The summed E-state index contributed by atoms with van der Waals surface area (Å²) in [5, 5.41) is 7.99. The number of hydrogen-bond acceptors (Lipinski definition) is 1. The predicted molar refractivity (Wildman–Crippen MR) is 62.0 cm³/mol. The smallest absolute Gasteiger partial charge is 0.0391 e. The minimum Gasteiger partial charge on any atom is -0.305 e. The van der Waals surface area contributed by atoms with Crippen molar-refractivity contribution in [1.82, 2.24) is 0 Å². The maximum Gasteiger partial charge on any atom is 0.0391 e. The first-order chi connectivity index (χ1) is 6.55. The van der Waals surface area contributed by atoms with Crippen LogP contribution in [0.3, 0.4) is 0 Å². The summed E-state index contributed by atoms with van der Waals surface area (Å²) in [5.41, 5.74) is 2.04. The lowest BCUT2D eigenvalue weighted by atomic mass is 9.83. The summed E-state index contributed by atoms with van der Waals surface area (Å²) in [6.07, 6.45) is 1.97. The predicted octanol–water partition coefficient (Wildman–Crippen LogP) is 3.88. The molecule has 0 spiro atoms. The fraction of sp³-hybridized carbons (Fsp3) is 0.462. The molecule has 1 heteroatoms. The molecule has 0 aliphatic rings. The van der Waals surface area contributed by atoms with Gasteiger partial charge in [0.1, 0.15) is 0 Å². The molecule has 0 heterocycles. The number of nitrogens with one attached hydrogen (secondary N) is 1. The Morgan fingerprint density at radius 2 is 1.79 bits per heavy atom. The van der Waals surface area contributed by atoms with Gasteiger partial charge >= 0.3 is 0 Å². The zero-order chi connectivity index (χ0) is 10.6. The fourth-order valence-electron chi connectivity index (χ4n) is 1.34. The third-order valence-electron chi connectivity index (χ3n) is 2.73. The second-order valence-electron chi connectivity index (χ2n) is 4.54. The minimum atomic E-state index is 0.243. The zero-order valence-electron chi connectivity index (χ0n) is 9.30. The van der Waals surface area contributed by atoms with Crippen molar-refractivity contribution in [3.05, 3.63) is 35.9 Å². The highest BCUT2D eigenvalue weighted by Crippen LogP contribution is 2.26. The largest absolute Gasteiger partial charge is 0.305 e. The van der Waals surface area contributed by atoms with Gasteiger partial charge in [-0.1, -0.05) is 57.5 Å². The summed E-state index contributed by atoms with van der Waals surface area (Å²) in [5.74, 6) is 0. The molecule has 0 atom stereocenters. The van der Waals surface area contributed by atoms with Crippen LogP contribution in [0.2, 0.25) is 0 Å². The standard InChI is InChI=1S/C13H19N/c1-4-13(2,3)10-12(14)11-8-6-5-7-9-11/h5-9,14H,4,10H2,1-3H3. The molecule has 14 heavy (non-hydrogen) atoms. The average Bonchev–Trinajstić information content (AvgIpc) is 2.19. The first-order valence-corrected chi connectivity index (χ1v) is 5.18. The van der Waals surface area contributed by atoms with Crippen LogP contribution in [0, 0.1) is 10.8 Å². The Morgan fingerprint density at radius 1 is 1.21 bits per heavy atom. The van der Waals surface area contributed by atoms with Crippen LogP contribution in [0.25, 0.3) is 0 Å². The first-order valence-electron chi connectivity index (χ1n) is 5.18. The van der Waals surface area contributed by atoms with E-state index in [1.54, 1.807) is 0 Å². The summed E-state index contributed by atoms with van der Waals surface area (Å²) in [6.45, 7) is 6.60. The summed E-state index contributed by atoms with van der Waals surface area (Å²) in [7, 11) is 0. The summed E-state index contributed by atoms with van der Waals surface area (Å²) in [6, 6.07) is 9.98. The van der Waals surface area contributed by atoms with E-state index in [4.69, 9.17) is 5.41 Å². The molecule has 1 N–H and O–H groups in total. The van der Waals surface area contributed by atoms with E-state index in [2.05, 4.69) is 20.8 Å². The van der Waals surface area contributed by atoms with Gasteiger partial charge in [-0.15, -0.1) is 0 Å². The van der Waals surface area contributed by atoms with Gasteiger partial charge in [0.05, 0.1) is 0 Å². The van der Waals surface area contributed by atoms with Crippen LogP contribution in [-0.4, -0.2) is 5.71 Å². The molecule has 0 bridgehead atoms. The molecule has 0 aliphatic heterocycles. The van der Waals surface area contributed by atoms with E-state index in [1.807, 2.05) is 30.3 Å². The molecular weight excluding hydrogens is 170 g/mol. The van der Waals surface area contributed by atoms with Gasteiger partial charge in [-0.05, 0) is 17.4 Å². The van der Waals surface area contributed by atoms with E-state index in [0.717, 1.165) is 24.1 Å². The van der Waals surface area contributed by atoms with Gasteiger partial charge in [0.2, 0.25) is 0 Å². The fourth-order valence-corrected chi connectivity index (χ4v) is 1.34. The maximum atomic E-state index is 7.99. The van der Waals surface area contributed by atoms with Crippen molar-refractivity contribution in [2.24, 2.45) is 5.41 Å². The normalized spacial score (nSPS) is 11.4. The molecule has 0 fully saturated rings. The number of rotatable bonds is 4. The van der Waals surface area contributed by atoms with E-state index < -0.39 is 0 Å². The minimum absolute atomic E-state index is 0.243. The van der Waals surface area contributed by atoms with E-state index in [-0.39, 0.29) is 5.41 Å². The third-order valence-corrected chi connectivity index (χ3v) is 2.73. The SMILES string of the molecule is CCC(C)(C)CC(=N)c1ccccc1. The lowest BCUT2D eigenvalue weighted by molar-refractivity contribution is 0.368.